The summed E-state index contributed by atoms with van der Waals surface area (Å²) in [6.45, 7) is 1.37. The Kier molecular flexibility index (Phi) is 4.44. The molecule has 0 bridgehead atoms. The molecule has 0 spiro atoms. The monoisotopic (exact) mass is 323 g/mol. The highest BCUT2D eigenvalue weighted by Crippen LogP contribution is 2.32. The van der Waals surface area contributed by atoms with Crippen LogP contribution in [-0.4, -0.2) is 44.0 Å². The van der Waals surface area contributed by atoms with Crippen LogP contribution in [0.15, 0.2) is 23.1 Å². The zero-order valence-electron chi connectivity index (χ0n) is 11.4. The fourth-order valence-corrected chi connectivity index (χ4v) is 3.66. The summed E-state index contributed by atoms with van der Waals surface area (Å²) in [6, 6.07) is 3.06. The van der Waals surface area contributed by atoms with E-state index in [0.717, 1.165) is 12.1 Å². The highest BCUT2D eigenvalue weighted by molar-refractivity contribution is 7.82. The quantitative estimate of drug-likeness (QED) is 0.885. The third-order valence-corrected chi connectivity index (χ3v) is 5.13. The Morgan fingerprint density at radius 1 is 1.43 bits per heavy atom. The molecule has 1 fully saturated rings. The molecule has 21 heavy (non-hydrogen) atoms. The van der Waals surface area contributed by atoms with Gasteiger partial charge in [0.25, 0.3) is 0 Å². The molecule has 2 N–H and O–H groups in total. The minimum atomic E-state index is -4.43. The Hall–Kier alpha value is -0.960. The van der Waals surface area contributed by atoms with Crippen LogP contribution in [0.25, 0.3) is 0 Å². The van der Waals surface area contributed by atoms with Crippen molar-refractivity contribution in [3.63, 3.8) is 0 Å². The van der Waals surface area contributed by atoms with Gasteiger partial charge < -0.3 is 10.2 Å². The topological polar surface area (TPSA) is 60.8 Å². The summed E-state index contributed by atoms with van der Waals surface area (Å²) >= 11 is 0. The SMILES string of the molecule is Cc1cc(C(F)(F)F)ccc1S(=O)N1CCC(O)(CO)C1. The Morgan fingerprint density at radius 2 is 2.10 bits per heavy atom. The first-order chi connectivity index (χ1) is 9.66. The molecule has 0 aromatic heterocycles. The molecule has 1 aromatic rings. The highest BCUT2D eigenvalue weighted by Gasteiger charge is 2.38. The van der Waals surface area contributed by atoms with Crippen molar-refractivity contribution in [2.45, 2.75) is 30.0 Å². The van der Waals surface area contributed by atoms with E-state index in [9.17, 15) is 22.5 Å². The van der Waals surface area contributed by atoms with Gasteiger partial charge in [-0.25, -0.2) is 8.51 Å². The predicted octanol–water partition coefficient (Wildman–Crippen LogP) is 1.47. The molecule has 8 heteroatoms. The normalized spacial score (nSPS) is 25.2. The van der Waals surface area contributed by atoms with Crippen LogP contribution in [0, 0.1) is 6.92 Å². The second-order valence-corrected chi connectivity index (χ2v) is 6.68. The molecule has 1 heterocycles. The van der Waals surface area contributed by atoms with E-state index in [1.54, 1.807) is 0 Å². The summed E-state index contributed by atoms with van der Waals surface area (Å²) in [6.07, 6.45) is -4.16. The predicted molar refractivity (Wildman–Crippen MR) is 70.8 cm³/mol. The lowest BCUT2D eigenvalue weighted by Crippen LogP contribution is -2.37. The van der Waals surface area contributed by atoms with Gasteiger partial charge in [-0.2, -0.15) is 13.2 Å². The average Bonchev–Trinajstić information content (AvgIpc) is 2.80. The van der Waals surface area contributed by atoms with Crippen LogP contribution < -0.4 is 0 Å². The second kappa shape index (κ2) is 5.68. The molecular formula is C13H16F3NO3S. The van der Waals surface area contributed by atoms with Crippen molar-refractivity contribution in [1.29, 1.82) is 0 Å². The van der Waals surface area contributed by atoms with Gasteiger partial charge >= 0.3 is 6.18 Å². The molecule has 0 radical (unpaired) electrons. The molecule has 118 valence electrons. The first-order valence-corrected chi connectivity index (χ1v) is 7.45. The van der Waals surface area contributed by atoms with Gasteiger partial charge in [0.15, 0.2) is 0 Å². The van der Waals surface area contributed by atoms with Crippen molar-refractivity contribution < 1.29 is 27.6 Å². The van der Waals surface area contributed by atoms with Gasteiger partial charge in [-0.05, 0) is 37.1 Å². The Balaban J connectivity index is 2.21. The molecule has 1 aliphatic rings. The number of halogens is 3. The summed E-state index contributed by atoms with van der Waals surface area (Å²) in [5.74, 6) is 0. The van der Waals surface area contributed by atoms with E-state index in [1.165, 1.54) is 17.3 Å². The minimum Gasteiger partial charge on any atom is -0.393 e. The summed E-state index contributed by atoms with van der Waals surface area (Å²) in [7, 11) is -1.66. The first kappa shape index (κ1) is 16.4. The van der Waals surface area contributed by atoms with Gasteiger partial charge in [-0.1, -0.05) is 0 Å². The average molecular weight is 323 g/mol. The first-order valence-electron chi connectivity index (χ1n) is 6.34. The molecule has 4 nitrogen and oxygen atoms in total. The van der Waals surface area contributed by atoms with Gasteiger partial charge in [0.1, 0.15) is 16.6 Å². The number of hydrogen-bond acceptors (Lipinski definition) is 3. The van der Waals surface area contributed by atoms with Gasteiger partial charge in [0, 0.05) is 13.1 Å². The summed E-state index contributed by atoms with van der Waals surface area (Å²) in [5, 5.41) is 19.0. The number of rotatable bonds is 3. The number of hydrogen-bond donors (Lipinski definition) is 2. The second-order valence-electron chi connectivity index (χ2n) is 5.22. The van der Waals surface area contributed by atoms with E-state index in [2.05, 4.69) is 0 Å². The van der Waals surface area contributed by atoms with Crippen molar-refractivity contribution in [3.05, 3.63) is 29.3 Å². The van der Waals surface area contributed by atoms with Crippen LogP contribution >= 0.6 is 0 Å². The number of aliphatic hydroxyl groups is 2. The smallest absolute Gasteiger partial charge is 0.393 e. The maximum atomic E-state index is 12.6. The maximum absolute atomic E-state index is 12.6. The van der Waals surface area contributed by atoms with Crippen molar-refractivity contribution in [2.75, 3.05) is 19.7 Å². The van der Waals surface area contributed by atoms with E-state index >= 15 is 0 Å². The lowest BCUT2D eigenvalue weighted by Gasteiger charge is -2.21. The molecule has 2 atom stereocenters. The summed E-state index contributed by atoms with van der Waals surface area (Å²) in [5.41, 5.74) is -1.80. The van der Waals surface area contributed by atoms with E-state index in [-0.39, 0.29) is 23.4 Å². The van der Waals surface area contributed by atoms with E-state index in [4.69, 9.17) is 5.11 Å². The Labute approximate surface area is 122 Å². The lowest BCUT2D eigenvalue weighted by molar-refractivity contribution is -0.137. The van der Waals surface area contributed by atoms with E-state index in [0.29, 0.717) is 6.54 Å². The van der Waals surface area contributed by atoms with Crippen LogP contribution in [0.1, 0.15) is 17.5 Å². The summed E-state index contributed by atoms with van der Waals surface area (Å²) < 4.78 is 51.7. The van der Waals surface area contributed by atoms with Crippen molar-refractivity contribution in [2.24, 2.45) is 0 Å². The fraction of sp³-hybridized carbons (Fsp3) is 0.538. The van der Waals surface area contributed by atoms with Crippen LogP contribution in [0.5, 0.6) is 0 Å². The van der Waals surface area contributed by atoms with Gasteiger partial charge in [-0.3, -0.25) is 0 Å². The van der Waals surface area contributed by atoms with Crippen LogP contribution in [0.4, 0.5) is 13.2 Å². The number of alkyl halides is 3. The zero-order chi connectivity index (χ0) is 15.8. The molecule has 1 aromatic carbocycles. The fourth-order valence-electron chi connectivity index (χ4n) is 2.25. The van der Waals surface area contributed by atoms with Gasteiger partial charge in [0.05, 0.1) is 17.1 Å². The van der Waals surface area contributed by atoms with E-state index in [1.807, 2.05) is 0 Å². The number of β-amino-alcohol motifs (C(OH)–C–C–N with tert-alkyl or cyclic N) is 1. The van der Waals surface area contributed by atoms with Gasteiger partial charge in [-0.15, -0.1) is 0 Å². The summed E-state index contributed by atoms with van der Waals surface area (Å²) in [4.78, 5) is 0.283. The van der Waals surface area contributed by atoms with Crippen molar-refractivity contribution in [3.8, 4) is 0 Å². The highest BCUT2D eigenvalue weighted by atomic mass is 32.2. The van der Waals surface area contributed by atoms with E-state index < -0.39 is 34.9 Å². The Morgan fingerprint density at radius 3 is 2.57 bits per heavy atom. The van der Waals surface area contributed by atoms with Crippen LogP contribution in [0.3, 0.4) is 0 Å². The minimum absolute atomic E-state index is 0.0244. The lowest BCUT2D eigenvalue weighted by atomic mass is 10.1. The molecule has 0 aliphatic carbocycles. The molecule has 2 rings (SSSR count). The number of benzene rings is 1. The van der Waals surface area contributed by atoms with Crippen LogP contribution in [0.2, 0.25) is 0 Å². The Bertz CT molecular complexity index is 564. The molecule has 1 saturated heterocycles. The molecule has 1 aliphatic heterocycles. The van der Waals surface area contributed by atoms with Crippen LogP contribution in [-0.2, 0) is 17.2 Å². The molecule has 2 unspecified atom stereocenters. The molecular weight excluding hydrogens is 307 g/mol. The standard InChI is InChI=1S/C13H16F3NO3S/c1-9-6-10(13(14,15)16)2-3-11(9)21(20)17-5-4-12(19,7-17)8-18/h2-3,6,18-19H,4-5,7-8H2,1H3. The molecule has 0 saturated carbocycles. The molecule has 0 amide bonds. The third kappa shape index (κ3) is 3.45. The largest absolute Gasteiger partial charge is 0.416 e. The number of aliphatic hydroxyl groups excluding tert-OH is 1. The number of nitrogens with zero attached hydrogens (tertiary/aromatic N) is 1. The third-order valence-electron chi connectivity index (χ3n) is 3.52. The van der Waals surface area contributed by atoms with Gasteiger partial charge in [0.2, 0.25) is 0 Å². The van der Waals surface area contributed by atoms with Crippen molar-refractivity contribution in [1.82, 2.24) is 4.31 Å². The number of aryl methyl sites for hydroxylation is 1. The van der Waals surface area contributed by atoms with Crippen molar-refractivity contribution >= 4 is 11.0 Å². The zero-order valence-corrected chi connectivity index (χ0v) is 12.2. The maximum Gasteiger partial charge on any atom is 0.416 e.